The van der Waals surface area contributed by atoms with Crippen LogP contribution in [-0.4, -0.2) is 32.3 Å². The van der Waals surface area contributed by atoms with Gasteiger partial charge in [-0.05, 0) is 18.4 Å². The fourth-order valence-electron chi connectivity index (χ4n) is 2.17. The normalized spacial score (nSPS) is 10.8. The number of pyridine rings is 1. The van der Waals surface area contributed by atoms with Crippen molar-refractivity contribution in [3.05, 3.63) is 42.1 Å². The molecule has 3 N–H and O–H groups in total. The summed E-state index contributed by atoms with van der Waals surface area (Å²) in [6, 6.07) is 9.44. The summed E-state index contributed by atoms with van der Waals surface area (Å²) in [6.07, 6.45) is 3.40. The van der Waals surface area contributed by atoms with Crippen LogP contribution in [0.15, 0.2) is 41.7 Å². The molecular formula is C15H12N4O2S. The number of nitrogens with two attached hydrogens (primary N) is 1. The smallest absolute Gasteiger partial charge is 0.341 e. The van der Waals surface area contributed by atoms with Crippen molar-refractivity contribution < 1.29 is 9.90 Å². The number of nitrogen functional groups attached to an aromatic ring is 1. The first-order valence-corrected chi connectivity index (χ1v) is 7.62. The fraction of sp³-hybridized carbons (Fsp3) is 0.0667. The number of aromatic carboxylic acids is 1. The van der Waals surface area contributed by atoms with Crippen molar-refractivity contribution in [1.82, 2.24) is 15.0 Å². The number of fused-ring (bicyclic) bond motifs is 1. The Kier molecular flexibility index (Phi) is 3.64. The third-order valence-corrected chi connectivity index (χ3v) is 3.72. The number of anilines is 1. The zero-order valence-corrected chi connectivity index (χ0v) is 12.5. The highest BCUT2D eigenvalue weighted by molar-refractivity contribution is 7.98. The van der Waals surface area contributed by atoms with E-state index in [-0.39, 0.29) is 17.1 Å². The first-order chi connectivity index (χ1) is 10.6. The zero-order valence-electron chi connectivity index (χ0n) is 11.6. The topological polar surface area (TPSA) is 102 Å². The van der Waals surface area contributed by atoms with Crippen LogP contribution >= 0.6 is 11.8 Å². The number of hydrogen-bond acceptors (Lipinski definition) is 6. The minimum atomic E-state index is -1.16. The molecule has 0 aliphatic heterocycles. The summed E-state index contributed by atoms with van der Waals surface area (Å²) in [7, 11) is 0. The van der Waals surface area contributed by atoms with E-state index >= 15 is 0 Å². The van der Waals surface area contributed by atoms with Gasteiger partial charge in [-0.15, -0.1) is 0 Å². The monoisotopic (exact) mass is 312 g/mol. The van der Waals surface area contributed by atoms with E-state index in [4.69, 9.17) is 5.73 Å². The fourth-order valence-corrected chi connectivity index (χ4v) is 2.54. The van der Waals surface area contributed by atoms with E-state index in [1.807, 2.05) is 30.3 Å². The minimum absolute atomic E-state index is 0.0463. The number of hydrogen-bond donors (Lipinski definition) is 2. The van der Waals surface area contributed by atoms with Gasteiger partial charge >= 0.3 is 5.97 Å². The zero-order chi connectivity index (χ0) is 15.7. The van der Waals surface area contributed by atoms with Crippen LogP contribution in [0.3, 0.4) is 0 Å². The van der Waals surface area contributed by atoms with Crippen LogP contribution in [0.5, 0.6) is 0 Å². The molecular weight excluding hydrogens is 300 g/mol. The van der Waals surface area contributed by atoms with Gasteiger partial charge in [-0.3, -0.25) is 4.98 Å². The Labute approximate surface area is 130 Å². The Morgan fingerprint density at radius 3 is 2.77 bits per heavy atom. The minimum Gasteiger partial charge on any atom is -0.477 e. The molecule has 2 heterocycles. The van der Waals surface area contributed by atoms with Crippen molar-refractivity contribution in [2.45, 2.75) is 5.16 Å². The lowest BCUT2D eigenvalue weighted by Crippen LogP contribution is -2.10. The highest BCUT2D eigenvalue weighted by Gasteiger charge is 2.20. The number of thioether (sulfide) groups is 1. The Hall–Kier alpha value is -2.67. The number of para-hydroxylation sites is 1. The van der Waals surface area contributed by atoms with E-state index in [1.165, 1.54) is 11.8 Å². The summed E-state index contributed by atoms with van der Waals surface area (Å²) in [5, 5.41) is 10.7. The van der Waals surface area contributed by atoms with Crippen LogP contribution in [0.25, 0.3) is 22.2 Å². The molecule has 2 aromatic heterocycles. The summed E-state index contributed by atoms with van der Waals surface area (Å²) < 4.78 is 0. The van der Waals surface area contributed by atoms with Crippen LogP contribution in [0.4, 0.5) is 5.82 Å². The van der Waals surface area contributed by atoms with Crippen molar-refractivity contribution in [1.29, 1.82) is 0 Å². The molecule has 0 aliphatic rings. The number of aromatic nitrogens is 3. The summed E-state index contributed by atoms with van der Waals surface area (Å²) in [4.78, 5) is 24.1. The number of rotatable bonds is 3. The molecule has 0 saturated carbocycles. The van der Waals surface area contributed by atoms with Crippen LogP contribution in [0, 0.1) is 0 Å². The molecule has 0 bridgehead atoms. The van der Waals surface area contributed by atoms with Gasteiger partial charge in [-0.25, -0.2) is 14.8 Å². The van der Waals surface area contributed by atoms with Crippen LogP contribution in [0.1, 0.15) is 10.4 Å². The molecule has 0 amide bonds. The average molecular weight is 312 g/mol. The molecule has 22 heavy (non-hydrogen) atoms. The largest absolute Gasteiger partial charge is 0.477 e. The van der Waals surface area contributed by atoms with Gasteiger partial charge in [0.15, 0.2) is 5.16 Å². The van der Waals surface area contributed by atoms with Gasteiger partial charge in [0, 0.05) is 17.1 Å². The van der Waals surface area contributed by atoms with Crippen LogP contribution in [0.2, 0.25) is 0 Å². The quantitative estimate of drug-likeness (QED) is 0.566. The van der Waals surface area contributed by atoms with E-state index in [0.29, 0.717) is 10.7 Å². The van der Waals surface area contributed by atoms with Gasteiger partial charge in [0.05, 0.1) is 11.2 Å². The standard InChI is InChI=1S/C15H12N4O2S/c1-22-15-18-12(11(14(20)21)13(16)19-15)9-6-8-4-2-3-5-10(8)17-7-9/h2-7H,1H3,(H,20,21)(H2,16,18,19). The van der Waals surface area contributed by atoms with Gasteiger partial charge in [0.25, 0.3) is 0 Å². The number of carbonyl (C=O) groups is 1. The molecule has 0 fully saturated rings. The third kappa shape index (κ3) is 2.46. The van der Waals surface area contributed by atoms with E-state index < -0.39 is 5.97 Å². The molecule has 3 rings (SSSR count). The summed E-state index contributed by atoms with van der Waals surface area (Å²) in [5.74, 6) is -1.21. The van der Waals surface area contributed by atoms with Crippen molar-refractivity contribution in [2.75, 3.05) is 12.0 Å². The summed E-state index contributed by atoms with van der Waals surface area (Å²) in [6.45, 7) is 0. The maximum Gasteiger partial charge on any atom is 0.341 e. The van der Waals surface area contributed by atoms with E-state index in [9.17, 15) is 9.90 Å². The number of benzene rings is 1. The molecule has 0 aliphatic carbocycles. The first-order valence-electron chi connectivity index (χ1n) is 6.40. The van der Waals surface area contributed by atoms with Crippen molar-refractivity contribution in [2.24, 2.45) is 0 Å². The molecule has 0 saturated heterocycles. The predicted octanol–water partition coefficient (Wildman–Crippen LogP) is 2.69. The summed E-state index contributed by atoms with van der Waals surface area (Å²) >= 11 is 1.30. The van der Waals surface area contributed by atoms with Crippen molar-refractivity contribution in [3.8, 4) is 11.3 Å². The molecule has 0 radical (unpaired) electrons. The van der Waals surface area contributed by atoms with Gasteiger partial charge in [0.1, 0.15) is 11.4 Å². The Balaban J connectivity index is 2.28. The Morgan fingerprint density at radius 2 is 2.05 bits per heavy atom. The molecule has 0 spiro atoms. The van der Waals surface area contributed by atoms with Crippen LogP contribution in [-0.2, 0) is 0 Å². The van der Waals surface area contributed by atoms with Gasteiger partial charge in [-0.2, -0.15) is 0 Å². The number of carboxylic acids is 1. The molecule has 0 unspecified atom stereocenters. The number of carboxylic acid groups (broad SMARTS) is 1. The second-order valence-electron chi connectivity index (χ2n) is 4.54. The highest BCUT2D eigenvalue weighted by Crippen LogP contribution is 2.28. The maximum absolute atomic E-state index is 11.5. The Bertz CT molecular complexity index is 883. The lowest BCUT2D eigenvalue weighted by atomic mass is 10.1. The predicted molar refractivity (Wildman–Crippen MR) is 85.9 cm³/mol. The second-order valence-corrected chi connectivity index (χ2v) is 5.31. The Morgan fingerprint density at radius 1 is 1.27 bits per heavy atom. The van der Waals surface area contributed by atoms with Crippen LogP contribution < -0.4 is 5.73 Å². The average Bonchev–Trinajstić information content (AvgIpc) is 2.53. The summed E-state index contributed by atoms with van der Waals surface area (Å²) in [5.41, 5.74) is 7.39. The van der Waals surface area contributed by atoms with E-state index in [0.717, 1.165) is 10.9 Å². The number of nitrogens with zero attached hydrogens (tertiary/aromatic N) is 3. The lowest BCUT2D eigenvalue weighted by molar-refractivity contribution is 0.0698. The maximum atomic E-state index is 11.5. The highest BCUT2D eigenvalue weighted by atomic mass is 32.2. The molecule has 0 atom stereocenters. The molecule has 7 heteroatoms. The third-order valence-electron chi connectivity index (χ3n) is 3.18. The molecule has 1 aromatic carbocycles. The van der Waals surface area contributed by atoms with Gasteiger partial charge < -0.3 is 10.8 Å². The lowest BCUT2D eigenvalue weighted by Gasteiger charge is -2.09. The van der Waals surface area contributed by atoms with Crippen molar-refractivity contribution in [3.63, 3.8) is 0 Å². The van der Waals surface area contributed by atoms with Gasteiger partial charge in [0.2, 0.25) is 0 Å². The van der Waals surface area contributed by atoms with E-state index in [2.05, 4.69) is 15.0 Å². The molecule has 6 nitrogen and oxygen atoms in total. The van der Waals surface area contributed by atoms with E-state index in [1.54, 1.807) is 12.5 Å². The molecule has 3 aromatic rings. The second kappa shape index (κ2) is 5.61. The first kappa shape index (κ1) is 14.3. The molecule has 110 valence electrons. The SMILES string of the molecule is CSc1nc(N)c(C(=O)O)c(-c2cnc3ccccc3c2)n1. The van der Waals surface area contributed by atoms with Crippen molar-refractivity contribution >= 4 is 34.5 Å². The van der Waals surface area contributed by atoms with Gasteiger partial charge in [-0.1, -0.05) is 30.0 Å².